The molecule has 0 saturated carbocycles. The Morgan fingerprint density at radius 2 is 2.15 bits per heavy atom. The van der Waals surface area contributed by atoms with Crippen molar-refractivity contribution in [2.24, 2.45) is 0 Å². The van der Waals surface area contributed by atoms with E-state index < -0.39 is 0 Å². The molecular weight excluding hydrogens is 258 g/mol. The molecule has 1 aliphatic heterocycles. The average Bonchev–Trinajstić information content (AvgIpc) is 2.95. The van der Waals surface area contributed by atoms with E-state index >= 15 is 0 Å². The molecule has 20 heavy (non-hydrogen) atoms. The van der Waals surface area contributed by atoms with Crippen LogP contribution < -0.4 is 14.8 Å². The molecule has 0 radical (unpaired) electrons. The molecule has 0 unspecified atom stereocenters. The average molecular weight is 279 g/mol. The second kappa shape index (κ2) is 6.61. The first-order valence-corrected chi connectivity index (χ1v) is 6.82. The molecule has 1 aromatic rings. The minimum Gasteiger partial charge on any atom is -0.493 e. The fourth-order valence-electron chi connectivity index (χ4n) is 2.32. The van der Waals surface area contributed by atoms with Gasteiger partial charge >= 0.3 is 5.97 Å². The topological polar surface area (TPSA) is 56.8 Å². The van der Waals surface area contributed by atoms with Gasteiger partial charge in [-0.1, -0.05) is 13.0 Å². The van der Waals surface area contributed by atoms with Gasteiger partial charge in [-0.2, -0.15) is 0 Å². The Kier molecular flexibility index (Phi) is 4.84. The van der Waals surface area contributed by atoms with E-state index in [1.807, 2.05) is 18.2 Å². The predicted molar refractivity (Wildman–Crippen MR) is 75.2 cm³/mol. The van der Waals surface area contributed by atoms with E-state index in [0.717, 1.165) is 12.2 Å². The van der Waals surface area contributed by atoms with Gasteiger partial charge < -0.3 is 19.5 Å². The molecule has 1 fully saturated rings. The molecule has 0 aliphatic carbocycles. The molecule has 110 valence electrons. The van der Waals surface area contributed by atoms with Gasteiger partial charge in [-0.15, -0.1) is 0 Å². The zero-order valence-corrected chi connectivity index (χ0v) is 12.1. The number of ether oxygens (including phenoxy) is 3. The Labute approximate surface area is 119 Å². The van der Waals surface area contributed by atoms with Gasteiger partial charge in [-0.25, -0.2) is 0 Å². The maximum Gasteiger partial charge on any atom is 0.323 e. The van der Waals surface area contributed by atoms with Crippen LogP contribution in [0.5, 0.6) is 11.5 Å². The summed E-state index contributed by atoms with van der Waals surface area (Å²) in [6.07, 6.45) is 1.50. The van der Waals surface area contributed by atoms with E-state index in [0.29, 0.717) is 18.7 Å². The number of aryl methyl sites for hydroxylation is 1. The summed E-state index contributed by atoms with van der Waals surface area (Å²) in [6.45, 7) is 2.72. The second-order valence-electron chi connectivity index (χ2n) is 4.80. The van der Waals surface area contributed by atoms with Crippen molar-refractivity contribution in [2.45, 2.75) is 31.9 Å². The van der Waals surface area contributed by atoms with E-state index in [1.54, 1.807) is 7.11 Å². The lowest BCUT2D eigenvalue weighted by Gasteiger charge is -2.16. The van der Waals surface area contributed by atoms with Gasteiger partial charge in [0.1, 0.15) is 12.1 Å². The smallest absolute Gasteiger partial charge is 0.323 e. The SMILES string of the molecule is CCc1ccc(O[C@H]2CN[C@H](C(=O)OC)C2)c(OC)c1. The van der Waals surface area contributed by atoms with Crippen molar-refractivity contribution in [3.63, 3.8) is 0 Å². The minimum absolute atomic E-state index is 0.0551. The fraction of sp³-hybridized carbons (Fsp3) is 0.533. The number of nitrogens with one attached hydrogen (secondary N) is 1. The van der Waals surface area contributed by atoms with Crippen molar-refractivity contribution in [3.8, 4) is 11.5 Å². The lowest BCUT2D eigenvalue weighted by Crippen LogP contribution is -2.31. The molecule has 1 saturated heterocycles. The zero-order valence-electron chi connectivity index (χ0n) is 12.1. The summed E-state index contributed by atoms with van der Waals surface area (Å²) in [5.74, 6) is 1.19. The number of carbonyl (C=O) groups is 1. The third-order valence-corrected chi connectivity index (χ3v) is 3.51. The van der Waals surface area contributed by atoms with Crippen LogP contribution in [0.4, 0.5) is 0 Å². The lowest BCUT2D eigenvalue weighted by atomic mass is 10.1. The Morgan fingerprint density at radius 1 is 1.35 bits per heavy atom. The number of benzene rings is 1. The second-order valence-corrected chi connectivity index (χ2v) is 4.80. The summed E-state index contributed by atoms with van der Waals surface area (Å²) in [4.78, 5) is 11.5. The third kappa shape index (κ3) is 3.22. The number of carbonyl (C=O) groups excluding carboxylic acids is 1. The molecule has 2 rings (SSSR count). The molecule has 5 nitrogen and oxygen atoms in total. The Hall–Kier alpha value is -1.75. The molecule has 1 heterocycles. The number of esters is 1. The van der Waals surface area contributed by atoms with Crippen molar-refractivity contribution < 1.29 is 19.0 Å². The molecule has 0 spiro atoms. The van der Waals surface area contributed by atoms with Gasteiger partial charge in [0.25, 0.3) is 0 Å². The first-order chi connectivity index (χ1) is 9.67. The monoisotopic (exact) mass is 279 g/mol. The molecule has 1 N–H and O–H groups in total. The van der Waals surface area contributed by atoms with Crippen molar-refractivity contribution in [3.05, 3.63) is 23.8 Å². The van der Waals surface area contributed by atoms with Crippen molar-refractivity contribution in [2.75, 3.05) is 20.8 Å². The van der Waals surface area contributed by atoms with Crippen LogP contribution >= 0.6 is 0 Å². The Balaban J connectivity index is 2.02. The van der Waals surface area contributed by atoms with Crippen LogP contribution in [0.25, 0.3) is 0 Å². The summed E-state index contributed by atoms with van der Waals surface area (Å²) in [5, 5.41) is 3.10. The largest absolute Gasteiger partial charge is 0.493 e. The van der Waals surface area contributed by atoms with E-state index in [9.17, 15) is 4.79 Å². The Morgan fingerprint density at radius 3 is 2.80 bits per heavy atom. The summed E-state index contributed by atoms with van der Waals surface area (Å²) >= 11 is 0. The molecule has 0 bridgehead atoms. The highest BCUT2D eigenvalue weighted by atomic mass is 16.5. The summed E-state index contributed by atoms with van der Waals surface area (Å²) < 4.78 is 16.0. The highest BCUT2D eigenvalue weighted by Crippen LogP contribution is 2.30. The predicted octanol–water partition coefficient (Wildman–Crippen LogP) is 1.54. The van der Waals surface area contributed by atoms with Gasteiger partial charge in [-0.05, 0) is 24.1 Å². The number of methoxy groups -OCH3 is 2. The molecule has 2 atom stereocenters. The van der Waals surface area contributed by atoms with Gasteiger partial charge in [0, 0.05) is 13.0 Å². The van der Waals surface area contributed by atoms with Crippen molar-refractivity contribution >= 4 is 5.97 Å². The normalized spacial score (nSPS) is 21.6. The van der Waals surface area contributed by atoms with E-state index in [4.69, 9.17) is 14.2 Å². The van der Waals surface area contributed by atoms with Gasteiger partial charge in [-0.3, -0.25) is 4.79 Å². The van der Waals surface area contributed by atoms with Gasteiger partial charge in [0.05, 0.1) is 14.2 Å². The fourth-order valence-corrected chi connectivity index (χ4v) is 2.32. The molecule has 0 amide bonds. The first-order valence-electron chi connectivity index (χ1n) is 6.82. The lowest BCUT2D eigenvalue weighted by molar-refractivity contribution is -0.142. The number of rotatable bonds is 5. The first kappa shape index (κ1) is 14.7. The molecule has 1 aliphatic rings. The number of hydrogen-bond donors (Lipinski definition) is 1. The quantitative estimate of drug-likeness (QED) is 0.829. The maximum absolute atomic E-state index is 11.5. The summed E-state index contributed by atoms with van der Waals surface area (Å²) in [5.41, 5.74) is 1.20. The third-order valence-electron chi connectivity index (χ3n) is 3.51. The van der Waals surface area contributed by atoms with Crippen LogP contribution in [-0.2, 0) is 16.0 Å². The van der Waals surface area contributed by atoms with Gasteiger partial charge in [0.15, 0.2) is 11.5 Å². The van der Waals surface area contributed by atoms with E-state index in [2.05, 4.69) is 12.2 Å². The van der Waals surface area contributed by atoms with E-state index in [1.165, 1.54) is 12.7 Å². The van der Waals surface area contributed by atoms with Gasteiger partial charge in [0.2, 0.25) is 0 Å². The summed E-state index contributed by atoms with van der Waals surface area (Å²) in [6, 6.07) is 5.64. The molecule has 1 aromatic carbocycles. The van der Waals surface area contributed by atoms with Crippen molar-refractivity contribution in [1.29, 1.82) is 0 Å². The highest BCUT2D eigenvalue weighted by Gasteiger charge is 2.31. The highest BCUT2D eigenvalue weighted by molar-refractivity contribution is 5.76. The van der Waals surface area contributed by atoms with Crippen LogP contribution in [0.2, 0.25) is 0 Å². The van der Waals surface area contributed by atoms with Crippen LogP contribution in [-0.4, -0.2) is 38.9 Å². The molecule has 0 aromatic heterocycles. The molecule has 5 heteroatoms. The maximum atomic E-state index is 11.5. The standard InChI is InChI=1S/C15H21NO4/c1-4-10-5-6-13(14(7-10)18-2)20-11-8-12(16-9-11)15(17)19-3/h5-7,11-12,16H,4,8-9H2,1-3H3/t11-,12+/m1/s1. The van der Waals surface area contributed by atoms with Crippen LogP contribution in [0.1, 0.15) is 18.9 Å². The minimum atomic E-state index is -0.286. The zero-order chi connectivity index (χ0) is 14.5. The van der Waals surface area contributed by atoms with Crippen LogP contribution in [0.3, 0.4) is 0 Å². The van der Waals surface area contributed by atoms with Crippen molar-refractivity contribution in [1.82, 2.24) is 5.32 Å². The van der Waals surface area contributed by atoms with E-state index in [-0.39, 0.29) is 18.1 Å². The number of hydrogen-bond acceptors (Lipinski definition) is 5. The van der Waals surface area contributed by atoms with Crippen LogP contribution in [0, 0.1) is 0 Å². The Bertz CT molecular complexity index is 475. The molecular formula is C15H21NO4. The van der Waals surface area contributed by atoms with Crippen LogP contribution in [0.15, 0.2) is 18.2 Å². The summed E-state index contributed by atoms with van der Waals surface area (Å²) in [7, 11) is 3.02.